The molecule has 0 atom stereocenters. The molecule has 0 saturated heterocycles. The third-order valence-electron chi connectivity index (χ3n) is 4.61. The third kappa shape index (κ3) is 4.77. The maximum absolute atomic E-state index is 14.0. The Labute approximate surface area is 137 Å². The molecule has 0 heterocycles. The minimum atomic E-state index is -4.97. The molecule has 0 aliphatic heterocycles. The molecular formula is C18H20F6. The van der Waals surface area contributed by atoms with Crippen molar-refractivity contribution in [2.45, 2.75) is 57.5 Å². The van der Waals surface area contributed by atoms with Gasteiger partial charge in [-0.1, -0.05) is 19.8 Å². The molecule has 1 aliphatic carbocycles. The molecule has 0 aromatic heterocycles. The van der Waals surface area contributed by atoms with Gasteiger partial charge in [0.2, 0.25) is 0 Å². The van der Waals surface area contributed by atoms with Crippen molar-refractivity contribution in [3.8, 4) is 0 Å². The molecule has 2 rings (SSSR count). The van der Waals surface area contributed by atoms with Gasteiger partial charge in [-0.3, -0.25) is 0 Å². The van der Waals surface area contributed by atoms with Gasteiger partial charge in [0.25, 0.3) is 0 Å². The highest BCUT2D eigenvalue weighted by Gasteiger charge is 2.29. The van der Waals surface area contributed by atoms with E-state index >= 15 is 0 Å². The van der Waals surface area contributed by atoms with Gasteiger partial charge in [-0.15, -0.1) is 0 Å². The monoisotopic (exact) mass is 350 g/mol. The van der Waals surface area contributed by atoms with Crippen LogP contribution in [0.3, 0.4) is 0 Å². The Bertz CT molecular complexity index is 571. The number of allylic oxidation sites excluding steroid dienone is 1. The Morgan fingerprint density at radius 1 is 1.08 bits per heavy atom. The van der Waals surface area contributed by atoms with Crippen LogP contribution in [0.4, 0.5) is 26.3 Å². The van der Waals surface area contributed by atoms with E-state index in [-0.39, 0.29) is 5.92 Å². The second kappa shape index (κ2) is 7.62. The Morgan fingerprint density at radius 2 is 1.62 bits per heavy atom. The average molecular weight is 350 g/mol. The van der Waals surface area contributed by atoms with E-state index in [9.17, 15) is 26.3 Å². The molecule has 1 saturated carbocycles. The van der Waals surface area contributed by atoms with Gasteiger partial charge >= 0.3 is 6.18 Å². The van der Waals surface area contributed by atoms with Gasteiger partial charge in [0.15, 0.2) is 0 Å². The van der Waals surface area contributed by atoms with Crippen molar-refractivity contribution in [2.24, 2.45) is 5.92 Å². The van der Waals surface area contributed by atoms with Gasteiger partial charge in [0, 0.05) is 0 Å². The molecule has 0 bridgehead atoms. The highest BCUT2D eigenvalue weighted by molar-refractivity contribution is 5.61. The summed E-state index contributed by atoms with van der Waals surface area (Å²) in [6.07, 6.45) is 0.00848. The first-order valence-electron chi connectivity index (χ1n) is 8.15. The highest BCUT2D eigenvalue weighted by atomic mass is 19.4. The van der Waals surface area contributed by atoms with Crippen molar-refractivity contribution in [1.82, 2.24) is 0 Å². The zero-order valence-corrected chi connectivity index (χ0v) is 13.4. The molecule has 0 amide bonds. The van der Waals surface area contributed by atoms with E-state index < -0.39 is 35.3 Å². The summed E-state index contributed by atoms with van der Waals surface area (Å²) < 4.78 is 78.0. The lowest BCUT2D eigenvalue weighted by atomic mass is 9.77. The highest BCUT2D eigenvalue weighted by Crippen LogP contribution is 2.39. The van der Waals surface area contributed by atoms with Crippen LogP contribution in [0, 0.1) is 17.6 Å². The SMILES string of the molecule is CCCC1CCC(c2cc(F)c(/C(F)=C/C(F)(F)F)c(F)c2)CC1. The molecule has 1 aromatic carbocycles. The average Bonchev–Trinajstić information content (AvgIpc) is 2.45. The summed E-state index contributed by atoms with van der Waals surface area (Å²) in [5.74, 6) is -3.95. The molecule has 6 heteroatoms. The summed E-state index contributed by atoms with van der Waals surface area (Å²) in [5, 5.41) is 0. The maximum Gasteiger partial charge on any atom is 0.412 e. The lowest BCUT2D eigenvalue weighted by Gasteiger charge is -2.28. The largest absolute Gasteiger partial charge is 0.412 e. The third-order valence-corrected chi connectivity index (χ3v) is 4.61. The number of hydrogen-bond donors (Lipinski definition) is 0. The molecule has 1 aromatic rings. The van der Waals surface area contributed by atoms with Gasteiger partial charge in [-0.25, -0.2) is 13.2 Å². The predicted octanol–water partition coefficient (Wildman–Crippen LogP) is 6.91. The second-order valence-electron chi connectivity index (χ2n) is 6.40. The van der Waals surface area contributed by atoms with Crippen molar-refractivity contribution >= 4 is 5.83 Å². The first-order chi connectivity index (χ1) is 11.2. The van der Waals surface area contributed by atoms with Gasteiger partial charge in [0.05, 0.1) is 11.6 Å². The molecule has 0 spiro atoms. The standard InChI is InChI=1S/C18H20F6/c1-2-3-11-4-6-12(7-5-11)13-8-14(19)17(15(20)9-13)16(21)10-18(22,23)24/h8-12H,2-7H2,1H3/b16-10-. The number of alkyl halides is 3. The second-order valence-corrected chi connectivity index (χ2v) is 6.40. The lowest BCUT2D eigenvalue weighted by molar-refractivity contribution is -0.0798. The summed E-state index contributed by atoms with van der Waals surface area (Å²) in [7, 11) is 0. The lowest BCUT2D eigenvalue weighted by Crippen LogP contribution is -2.14. The van der Waals surface area contributed by atoms with Gasteiger partial charge in [0.1, 0.15) is 17.5 Å². The zero-order valence-electron chi connectivity index (χ0n) is 13.4. The maximum atomic E-state index is 14.0. The summed E-state index contributed by atoms with van der Waals surface area (Å²) in [5.41, 5.74) is -0.862. The molecule has 0 N–H and O–H groups in total. The summed E-state index contributed by atoms with van der Waals surface area (Å²) >= 11 is 0. The van der Waals surface area contributed by atoms with Crippen LogP contribution in [-0.4, -0.2) is 6.18 Å². The van der Waals surface area contributed by atoms with Crippen LogP contribution in [0.2, 0.25) is 0 Å². The van der Waals surface area contributed by atoms with Gasteiger partial charge in [-0.2, -0.15) is 13.2 Å². The molecule has 134 valence electrons. The van der Waals surface area contributed by atoms with Crippen molar-refractivity contribution in [3.63, 3.8) is 0 Å². The predicted molar refractivity (Wildman–Crippen MR) is 81.1 cm³/mol. The quantitative estimate of drug-likeness (QED) is 0.518. The Hall–Kier alpha value is -1.46. The van der Waals surface area contributed by atoms with Crippen molar-refractivity contribution in [1.29, 1.82) is 0 Å². The summed E-state index contributed by atoms with van der Waals surface area (Å²) in [4.78, 5) is 0. The Kier molecular flexibility index (Phi) is 5.99. The van der Waals surface area contributed by atoms with Crippen molar-refractivity contribution in [3.05, 3.63) is 41.0 Å². The molecule has 0 unspecified atom stereocenters. The Balaban J connectivity index is 2.20. The van der Waals surface area contributed by atoms with Crippen LogP contribution in [0.1, 0.15) is 62.5 Å². The van der Waals surface area contributed by atoms with Gasteiger partial charge in [-0.05, 0) is 55.2 Å². The topological polar surface area (TPSA) is 0 Å². The molecule has 0 radical (unpaired) electrons. The van der Waals surface area contributed by atoms with Crippen LogP contribution in [0.25, 0.3) is 5.83 Å². The zero-order chi connectivity index (χ0) is 17.9. The minimum absolute atomic E-state index is 0.0363. The summed E-state index contributed by atoms with van der Waals surface area (Å²) in [6, 6.07) is 1.93. The number of hydrogen-bond acceptors (Lipinski definition) is 0. The molecule has 24 heavy (non-hydrogen) atoms. The van der Waals surface area contributed by atoms with E-state index in [4.69, 9.17) is 0 Å². The van der Waals surface area contributed by atoms with E-state index in [0.717, 1.165) is 50.7 Å². The normalized spacial score (nSPS) is 22.7. The van der Waals surface area contributed by atoms with E-state index in [0.29, 0.717) is 11.5 Å². The first-order valence-corrected chi connectivity index (χ1v) is 8.15. The summed E-state index contributed by atoms with van der Waals surface area (Å²) in [6.45, 7) is 2.11. The first kappa shape index (κ1) is 18.9. The van der Waals surface area contributed by atoms with E-state index in [1.165, 1.54) is 0 Å². The fraction of sp³-hybridized carbons (Fsp3) is 0.556. The number of rotatable bonds is 4. The minimum Gasteiger partial charge on any atom is -0.206 e. The van der Waals surface area contributed by atoms with Crippen molar-refractivity contribution in [2.75, 3.05) is 0 Å². The fourth-order valence-electron chi connectivity index (χ4n) is 3.47. The fourth-order valence-corrected chi connectivity index (χ4v) is 3.47. The van der Waals surface area contributed by atoms with Crippen molar-refractivity contribution < 1.29 is 26.3 Å². The van der Waals surface area contributed by atoms with Crippen LogP contribution in [-0.2, 0) is 0 Å². The van der Waals surface area contributed by atoms with E-state index in [1.807, 2.05) is 0 Å². The molecular weight excluding hydrogens is 330 g/mol. The Morgan fingerprint density at radius 3 is 2.08 bits per heavy atom. The number of halogens is 6. The van der Waals surface area contributed by atoms with Crippen LogP contribution >= 0.6 is 0 Å². The molecule has 1 aliphatic rings. The van der Waals surface area contributed by atoms with E-state index in [2.05, 4.69) is 6.92 Å². The van der Waals surface area contributed by atoms with Crippen LogP contribution < -0.4 is 0 Å². The smallest absolute Gasteiger partial charge is 0.206 e. The van der Waals surface area contributed by atoms with E-state index in [1.54, 1.807) is 0 Å². The molecule has 1 fully saturated rings. The van der Waals surface area contributed by atoms with Crippen LogP contribution in [0.5, 0.6) is 0 Å². The van der Waals surface area contributed by atoms with Crippen LogP contribution in [0.15, 0.2) is 18.2 Å². The molecule has 0 nitrogen and oxygen atoms in total. The van der Waals surface area contributed by atoms with Gasteiger partial charge < -0.3 is 0 Å². The number of benzene rings is 1.